The van der Waals surface area contributed by atoms with E-state index in [4.69, 9.17) is 4.79 Å². The first-order valence-electron chi connectivity index (χ1n) is 8.22. The molecule has 1 aromatic carbocycles. The fourth-order valence-corrected chi connectivity index (χ4v) is 4.12. The quantitative estimate of drug-likeness (QED) is 0.713. The van der Waals surface area contributed by atoms with Crippen molar-refractivity contribution in [2.45, 2.75) is 31.6 Å². The first kappa shape index (κ1) is 22.3. The zero-order chi connectivity index (χ0) is 19.6. The molecular weight excluding hydrogens is 372 g/mol. The highest BCUT2D eigenvalue weighted by Gasteiger charge is 2.48. The highest BCUT2D eigenvalue weighted by atomic mass is 32.2. The van der Waals surface area contributed by atoms with E-state index < -0.39 is 15.9 Å². The fourth-order valence-electron chi connectivity index (χ4n) is 2.49. The van der Waals surface area contributed by atoms with E-state index in [1.807, 2.05) is 37.3 Å². The molecule has 9 heteroatoms. The van der Waals surface area contributed by atoms with Crippen LogP contribution >= 0.6 is 11.8 Å². The number of rotatable bonds is 6. The molecule has 0 saturated carbocycles. The number of carbonyl (C=O) groups excluding carboxylic acids is 2. The van der Waals surface area contributed by atoms with Crippen LogP contribution in [0.4, 0.5) is 0 Å². The number of nitrogens with zero attached hydrogens (tertiary/aromatic N) is 2. The van der Waals surface area contributed by atoms with Gasteiger partial charge in [-0.3, -0.25) is 15.2 Å². The number of nitrogens with one attached hydrogen (secondary N) is 2. The smallest absolute Gasteiger partial charge is 0.242 e. The van der Waals surface area contributed by atoms with Crippen molar-refractivity contribution in [1.29, 1.82) is 0 Å². The van der Waals surface area contributed by atoms with Crippen molar-refractivity contribution < 1.29 is 13.8 Å². The number of aliphatic imine (C=N–C) groups is 1. The van der Waals surface area contributed by atoms with Crippen LogP contribution in [0.1, 0.15) is 32.3 Å². The summed E-state index contributed by atoms with van der Waals surface area (Å²) < 4.78 is 14.3. The lowest BCUT2D eigenvalue weighted by atomic mass is 10.0. The minimum absolute atomic E-state index is 0.00220. The van der Waals surface area contributed by atoms with Gasteiger partial charge in [-0.1, -0.05) is 49.0 Å². The average molecular weight is 399 g/mol. The number of aldehydes is 1. The van der Waals surface area contributed by atoms with E-state index in [1.165, 1.54) is 18.7 Å². The van der Waals surface area contributed by atoms with Crippen molar-refractivity contribution in [2.24, 2.45) is 4.99 Å². The Morgan fingerprint density at radius 2 is 2.04 bits per heavy atom. The third kappa shape index (κ3) is 5.65. The molecule has 1 aromatic rings. The Kier molecular flexibility index (Phi) is 9.53. The predicted molar refractivity (Wildman–Crippen MR) is 108 cm³/mol. The molecule has 1 aliphatic rings. The number of thioether (sulfide) groups is 1. The lowest BCUT2D eigenvalue weighted by Gasteiger charge is -2.36. The van der Waals surface area contributed by atoms with Gasteiger partial charge >= 0.3 is 0 Å². The molecule has 2 N–H and O–H groups in total. The van der Waals surface area contributed by atoms with Crippen molar-refractivity contribution in [3.8, 4) is 0 Å². The monoisotopic (exact) mass is 398 g/mol. The largest absolute Gasteiger partial charge is 0.304 e. The van der Waals surface area contributed by atoms with Gasteiger partial charge in [0.05, 0.1) is 11.0 Å². The molecule has 7 nitrogen and oxygen atoms in total. The molecule has 1 amide bonds. The maximum Gasteiger partial charge on any atom is 0.242 e. The third-order valence-corrected chi connectivity index (χ3v) is 5.62. The minimum atomic E-state index is -1.09. The first-order valence-corrected chi connectivity index (χ1v) is 10.6. The number of amidine groups is 1. The molecule has 0 radical (unpaired) electrons. The van der Waals surface area contributed by atoms with Crippen LogP contribution in [0, 0.1) is 0 Å². The third-order valence-electron chi connectivity index (χ3n) is 3.58. The Hall–Kier alpha value is -1.71. The van der Waals surface area contributed by atoms with Gasteiger partial charge in [0.2, 0.25) is 5.91 Å². The van der Waals surface area contributed by atoms with Gasteiger partial charge in [0.1, 0.15) is 11.2 Å². The Balaban J connectivity index is 0.00000105. The Morgan fingerprint density at radius 1 is 1.42 bits per heavy atom. The first-order chi connectivity index (χ1) is 12.4. The second kappa shape index (κ2) is 11.1. The van der Waals surface area contributed by atoms with E-state index in [1.54, 1.807) is 18.3 Å². The van der Waals surface area contributed by atoms with E-state index >= 15 is 0 Å². The molecule has 1 aliphatic heterocycles. The topological polar surface area (TPSA) is 90.9 Å². The van der Waals surface area contributed by atoms with Gasteiger partial charge in [0, 0.05) is 32.7 Å². The van der Waals surface area contributed by atoms with E-state index in [9.17, 15) is 9.00 Å². The van der Waals surface area contributed by atoms with Crippen LogP contribution in [0.2, 0.25) is 0 Å². The molecule has 0 aromatic heterocycles. The molecule has 1 heterocycles. The van der Waals surface area contributed by atoms with Crippen LogP contribution in [0.15, 0.2) is 35.3 Å². The molecule has 1 fully saturated rings. The summed E-state index contributed by atoms with van der Waals surface area (Å²) in [7, 11) is 0.611. The lowest BCUT2D eigenvalue weighted by molar-refractivity contribution is -0.136. The summed E-state index contributed by atoms with van der Waals surface area (Å²) >= 11 is 1.52. The molecule has 1 saturated heterocycles. The number of hydrogen-bond donors (Lipinski definition) is 2. The van der Waals surface area contributed by atoms with Gasteiger partial charge in [0.25, 0.3) is 0 Å². The van der Waals surface area contributed by atoms with Crippen molar-refractivity contribution >= 4 is 40.1 Å². The van der Waals surface area contributed by atoms with Gasteiger partial charge in [-0.2, -0.15) is 0 Å². The van der Waals surface area contributed by atoms with Crippen molar-refractivity contribution in [1.82, 2.24) is 15.2 Å². The summed E-state index contributed by atoms with van der Waals surface area (Å²) in [5, 5.41) is 2.36. The van der Waals surface area contributed by atoms with Gasteiger partial charge < -0.3 is 4.79 Å². The van der Waals surface area contributed by atoms with Crippen molar-refractivity contribution in [3.63, 3.8) is 0 Å². The van der Waals surface area contributed by atoms with Gasteiger partial charge in [-0.15, -0.1) is 0 Å². The van der Waals surface area contributed by atoms with Gasteiger partial charge in [-0.25, -0.2) is 13.9 Å². The average Bonchev–Trinajstić information content (AvgIpc) is 3.02. The maximum absolute atomic E-state index is 12.5. The molecule has 144 valence electrons. The SMILES string of the molecule is CC=O.CCC(=O)N1NC(=NC)SC1(CCNS(C)=O)c1ccccc1. The number of carbonyl (C=O) groups is 2. The molecule has 2 unspecified atom stereocenters. The molecule has 26 heavy (non-hydrogen) atoms. The Labute approximate surface area is 161 Å². The number of hydrazine groups is 1. The molecular formula is C17H26N4O3S2. The summed E-state index contributed by atoms with van der Waals surface area (Å²) in [5.74, 6) is -0.00220. The lowest BCUT2D eigenvalue weighted by Crippen LogP contribution is -2.50. The van der Waals surface area contributed by atoms with Gasteiger partial charge in [-0.05, 0) is 12.5 Å². The summed E-state index contributed by atoms with van der Waals surface area (Å²) in [6, 6.07) is 9.88. The summed E-state index contributed by atoms with van der Waals surface area (Å²) in [4.78, 5) is 24.9. The summed E-state index contributed by atoms with van der Waals surface area (Å²) in [6.07, 6.45) is 3.36. The Morgan fingerprint density at radius 3 is 2.54 bits per heavy atom. The standard InChI is InChI=1S/C15H22N4O2S2.C2H4O/c1-4-13(20)19-15(10-11-17-23(3)21,22-14(16-2)18-19)12-8-6-5-7-9-12;1-2-3/h5-9,17H,4,10-11H2,1-3H3,(H,16,18);2H,1H3. The zero-order valence-electron chi connectivity index (χ0n) is 15.5. The number of benzene rings is 1. The van der Waals surface area contributed by atoms with Gasteiger partial charge in [0.15, 0.2) is 5.17 Å². The normalized spacial score (nSPS) is 21.5. The van der Waals surface area contributed by atoms with Crippen molar-refractivity contribution in [2.75, 3.05) is 19.8 Å². The fraction of sp³-hybridized carbons (Fsp3) is 0.471. The Bertz CT molecular complexity index is 655. The van der Waals surface area contributed by atoms with Crippen LogP contribution in [0.3, 0.4) is 0 Å². The highest BCUT2D eigenvalue weighted by Crippen LogP contribution is 2.46. The van der Waals surface area contributed by atoms with E-state index in [2.05, 4.69) is 15.1 Å². The maximum atomic E-state index is 12.5. The van der Waals surface area contributed by atoms with Crippen LogP contribution in [-0.2, 0) is 25.4 Å². The molecule has 2 atom stereocenters. The molecule has 0 spiro atoms. The van der Waals surface area contributed by atoms with Crippen LogP contribution in [0.5, 0.6) is 0 Å². The second-order valence-electron chi connectivity index (χ2n) is 5.31. The van der Waals surface area contributed by atoms with Crippen LogP contribution < -0.4 is 10.1 Å². The van der Waals surface area contributed by atoms with E-state index in [-0.39, 0.29) is 5.91 Å². The molecule has 2 rings (SSSR count). The van der Waals surface area contributed by atoms with Crippen LogP contribution in [-0.4, -0.2) is 46.4 Å². The van der Waals surface area contributed by atoms with Crippen molar-refractivity contribution in [3.05, 3.63) is 35.9 Å². The highest BCUT2D eigenvalue weighted by molar-refractivity contribution is 8.14. The minimum Gasteiger partial charge on any atom is -0.304 e. The molecule has 0 bridgehead atoms. The predicted octanol–water partition coefficient (Wildman–Crippen LogP) is 1.79. The summed E-state index contributed by atoms with van der Waals surface area (Å²) in [5.41, 5.74) is 4.13. The number of hydrogen-bond acceptors (Lipinski definition) is 5. The summed E-state index contributed by atoms with van der Waals surface area (Å²) in [6.45, 7) is 3.81. The zero-order valence-corrected chi connectivity index (χ0v) is 17.2. The van der Waals surface area contributed by atoms with E-state index in [0.717, 1.165) is 11.8 Å². The molecule has 0 aliphatic carbocycles. The van der Waals surface area contributed by atoms with E-state index in [0.29, 0.717) is 24.6 Å². The van der Waals surface area contributed by atoms with Crippen LogP contribution in [0.25, 0.3) is 0 Å². The number of amides is 1. The second-order valence-corrected chi connectivity index (χ2v) is 7.77.